The average Bonchev–Trinajstić information content (AvgIpc) is 3.16. The van der Waals surface area contributed by atoms with Gasteiger partial charge in [0.05, 0.1) is 6.04 Å². The van der Waals surface area contributed by atoms with Gasteiger partial charge in [-0.05, 0) is 31.4 Å². The fraction of sp³-hybridized carbons (Fsp3) is 0.467. The molecule has 0 aliphatic carbocycles. The Bertz CT molecular complexity index is 642. The summed E-state index contributed by atoms with van der Waals surface area (Å²) in [4.78, 5) is 18.4. The summed E-state index contributed by atoms with van der Waals surface area (Å²) >= 11 is 0. The van der Waals surface area contributed by atoms with Crippen LogP contribution in [0.2, 0.25) is 0 Å². The van der Waals surface area contributed by atoms with Gasteiger partial charge in [-0.2, -0.15) is 0 Å². The highest BCUT2D eigenvalue weighted by molar-refractivity contribution is 5.75. The topological polar surface area (TPSA) is 84.2 Å². The Morgan fingerprint density at radius 2 is 2.36 bits per heavy atom. The molecule has 0 radical (unpaired) electrons. The van der Waals surface area contributed by atoms with Gasteiger partial charge in [0.1, 0.15) is 6.04 Å². The summed E-state index contributed by atoms with van der Waals surface area (Å²) in [5, 5.41) is 10.9. The van der Waals surface area contributed by atoms with E-state index in [2.05, 4.69) is 20.5 Å². The van der Waals surface area contributed by atoms with Crippen LogP contribution in [0.4, 0.5) is 4.79 Å². The molecule has 2 aromatic rings. The van der Waals surface area contributed by atoms with Crippen molar-refractivity contribution in [3.63, 3.8) is 0 Å². The van der Waals surface area contributed by atoms with Crippen LogP contribution in [-0.4, -0.2) is 32.7 Å². The molecule has 2 atom stereocenters. The van der Waals surface area contributed by atoms with Crippen LogP contribution >= 0.6 is 0 Å². The molecule has 7 nitrogen and oxygen atoms in total. The average molecular weight is 301 g/mol. The summed E-state index contributed by atoms with van der Waals surface area (Å²) in [6.45, 7) is 4.38. The summed E-state index contributed by atoms with van der Waals surface area (Å²) in [7, 11) is 0. The van der Waals surface area contributed by atoms with Crippen LogP contribution < -0.4 is 5.32 Å². The number of hydrogen-bond donors (Lipinski definition) is 1. The van der Waals surface area contributed by atoms with Crippen molar-refractivity contribution in [2.45, 2.75) is 38.8 Å². The largest absolute Gasteiger partial charge is 0.423 e. The second kappa shape index (κ2) is 6.13. The first-order valence-electron chi connectivity index (χ1n) is 7.42. The lowest BCUT2D eigenvalue weighted by molar-refractivity contribution is 0.181. The van der Waals surface area contributed by atoms with Crippen LogP contribution in [0.25, 0.3) is 0 Å². The lowest BCUT2D eigenvalue weighted by Gasteiger charge is -2.24. The third kappa shape index (κ3) is 2.93. The maximum absolute atomic E-state index is 12.5. The van der Waals surface area contributed by atoms with E-state index in [9.17, 15) is 4.79 Å². The number of pyridine rings is 1. The van der Waals surface area contributed by atoms with Crippen LogP contribution in [-0.2, 0) is 0 Å². The number of aryl methyl sites for hydroxylation is 1. The van der Waals surface area contributed by atoms with Gasteiger partial charge in [0.25, 0.3) is 0 Å². The predicted octanol–water partition coefficient (Wildman–Crippen LogP) is 2.38. The highest BCUT2D eigenvalue weighted by Gasteiger charge is 2.34. The van der Waals surface area contributed by atoms with Crippen LogP contribution in [0.1, 0.15) is 49.2 Å². The fourth-order valence-electron chi connectivity index (χ4n) is 2.70. The predicted molar refractivity (Wildman–Crippen MR) is 78.9 cm³/mol. The van der Waals surface area contributed by atoms with Crippen molar-refractivity contribution in [2.24, 2.45) is 0 Å². The van der Waals surface area contributed by atoms with Crippen molar-refractivity contribution < 1.29 is 9.21 Å². The van der Waals surface area contributed by atoms with Crippen molar-refractivity contribution in [1.82, 2.24) is 25.4 Å². The molecule has 3 heterocycles. The minimum Gasteiger partial charge on any atom is -0.423 e. The van der Waals surface area contributed by atoms with Gasteiger partial charge in [0, 0.05) is 25.9 Å². The Morgan fingerprint density at radius 1 is 1.50 bits per heavy atom. The molecule has 2 aromatic heterocycles. The van der Waals surface area contributed by atoms with E-state index in [4.69, 9.17) is 4.42 Å². The molecule has 1 aliphatic rings. The van der Waals surface area contributed by atoms with Gasteiger partial charge >= 0.3 is 6.03 Å². The molecule has 1 aliphatic heterocycles. The molecule has 1 saturated heterocycles. The van der Waals surface area contributed by atoms with Gasteiger partial charge in [-0.15, -0.1) is 10.2 Å². The van der Waals surface area contributed by atoms with E-state index in [1.807, 2.05) is 19.1 Å². The summed E-state index contributed by atoms with van der Waals surface area (Å²) in [5.41, 5.74) is 0.972. The van der Waals surface area contributed by atoms with Crippen molar-refractivity contribution in [3.8, 4) is 0 Å². The Morgan fingerprint density at radius 3 is 3.05 bits per heavy atom. The lowest BCUT2D eigenvalue weighted by Crippen LogP contribution is -2.40. The molecule has 2 amide bonds. The summed E-state index contributed by atoms with van der Waals surface area (Å²) in [6.07, 6.45) is 5.25. The van der Waals surface area contributed by atoms with E-state index in [0.717, 1.165) is 18.4 Å². The maximum atomic E-state index is 12.5. The number of urea groups is 1. The first-order valence-corrected chi connectivity index (χ1v) is 7.42. The first-order chi connectivity index (χ1) is 10.6. The van der Waals surface area contributed by atoms with Gasteiger partial charge in [-0.3, -0.25) is 4.98 Å². The van der Waals surface area contributed by atoms with Gasteiger partial charge in [-0.25, -0.2) is 4.79 Å². The van der Waals surface area contributed by atoms with E-state index in [1.165, 1.54) is 0 Å². The molecule has 22 heavy (non-hydrogen) atoms. The zero-order valence-electron chi connectivity index (χ0n) is 12.7. The molecule has 3 rings (SSSR count). The summed E-state index contributed by atoms with van der Waals surface area (Å²) in [6, 6.07) is 3.45. The molecule has 0 bridgehead atoms. The Kier molecular flexibility index (Phi) is 4.04. The highest BCUT2D eigenvalue weighted by Crippen LogP contribution is 2.31. The van der Waals surface area contributed by atoms with E-state index in [-0.39, 0.29) is 18.1 Å². The number of aromatic nitrogens is 3. The Labute approximate surface area is 128 Å². The van der Waals surface area contributed by atoms with E-state index < -0.39 is 0 Å². The molecule has 0 saturated carbocycles. The molecule has 7 heteroatoms. The van der Waals surface area contributed by atoms with Gasteiger partial charge in [-0.1, -0.05) is 6.07 Å². The van der Waals surface area contributed by atoms with E-state index in [0.29, 0.717) is 18.3 Å². The number of hydrogen-bond acceptors (Lipinski definition) is 5. The number of nitrogens with zero attached hydrogens (tertiary/aromatic N) is 4. The van der Waals surface area contributed by atoms with Crippen molar-refractivity contribution >= 4 is 6.03 Å². The van der Waals surface area contributed by atoms with Crippen LogP contribution in [0.15, 0.2) is 28.9 Å². The lowest BCUT2D eigenvalue weighted by atomic mass is 10.1. The first kappa shape index (κ1) is 14.5. The van der Waals surface area contributed by atoms with Crippen molar-refractivity contribution in [2.75, 3.05) is 6.54 Å². The summed E-state index contributed by atoms with van der Waals surface area (Å²) in [5.74, 6) is 1.03. The number of amides is 2. The smallest absolute Gasteiger partial charge is 0.318 e. The van der Waals surface area contributed by atoms with Crippen molar-refractivity contribution in [1.29, 1.82) is 0 Å². The van der Waals surface area contributed by atoms with E-state index >= 15 is 0 Å². The minimum absolute atomic E-state index is 0.105. The molecule has 116 valence electrons. The molecule has 0 aromatic carbocycles. The third-order valence-electron chi connectivity index (χ3n) is 3.86. The highest BCUT2D eigenvalue weighted by atomic mass is 16.4. The monoisotopic (exact) mass is 301 g/mol. The second-order valence-corrected chi connectivity index (χ2v) is 5.47. The second-order valence-electron chi connectivity index (χ2n) is 5.47. The van der Waals surface area contributed by atoms with Crippen LogP contribution in [0.5, 0.6) is 0 Å². The summed E-state index contributed by atoms with van der Waals surface area (Å²) < 4.78 is 5.48. The maximum Gasteiger partial charge on any atom is 0.318 e. The molecule has 0 spiro atoms. The normalized spacial score (nSPS) is 19.2. The Hall–Kier alpha value is -2.44. The number of likely N-dealkylation sites (tertiary alicyclic amines) is 1. The van der Waals surface area contributed by atoms with Gasteiger partial charge < -0.3 is 14.6 Å². The van der Waals surface area contributed by atoms with Crippen LogP contribution in [0.3, 0.4) is 0 Å². The standard InChI is InChI=1S/C15H19N5O2/c1-10(12-5-3-7-16-9-12)17-15(21)20-8-4-6-13(20)14-19-18-11(2)22-14/h3,5,7,9-10,13H,4,6,8H2,1-2H3,(H,17,21)/t10-,13?/m0/s1. The zero-order chi connectivity index (χ0) is 15.5. The SMILES string of the molecule is Cc1nnc(C2CCCN2C(=O)N[C@@H](C)c2cccnc2)o1. The van der Waals surface area contributed by atoms with E-state index in [1.54, 1.807) is 24.2 Å². The molecule has 1 unspecified atom stereocenters. The Balaban J connectivity index is 1.69. The molecular formula is C15H19N5O2. The molecule has 1 fully saturated rings. The van der Waals surface area contributed by atoms with Crippen molar-refractivity contribution in [3.05, 3.63) is 41.9 Å². The number of carbonyl (C=O) groups excluding carboxylic acids is 1. The molecule has 1 N–H and O–H groups in total. The van der Waals surface area contributed by atoms with Crippen LogP contribution in [0, 0.1) is 6.92 Å². The number of nitrogens with one attached hydrogen (secondary N) is 1. The van der Waals surface area contributed by atoms with Gasteiger partial charge in [0.15, 0.2) is 0 Å². The number of carbonyl (C=O) groups is 1. The minimum atomic E-state index is -0.137. The quantitative estimate of drug-likeness (QED) is 0.941. The number of rotatable bonds is 3. The fourth-order valence-corrected chi connectivity index (χ4v) is 2.70. The van der Waals surface area contributed by atoms with Gasteiger partial charge in [0.2, 0.25) is 11.8 Å². The third-order valence-corrected chi connectivity index (χ3v) is 3.86. The molecular weight excluding hydrogens is 282 g/mol. The zero-order valence-corrected chi connectivity index (χ0v) is 12.7.